The summed E-state index contributed by atoms with van der Waals surface area (Å²) < 4.78 is 22.2. The Morgan fingerprint density at radius 3 is 2.09 bits per heavy atom. The molecule has 0 heterocycles. The van der Waals surface area contributed by atoms with Crippen molar-refractivity contribution in [2.45, 2.75) is 52.5 Å². The standard InChI is InChI=1S/C15H32NO5Si/c1-5-9-10-11-13-18-15(17)16-12-14-22(19-6-2,20-7-3)21-8-4/h1,5-14H2,2-4H3,(H,16,17). The zero-order valence-electron chi connectivity index (χ0n) is 14.3. The summed E-state index contributed by atoms with van der Waals surface area (Å²) in [5.41, 5.74) is 0. The van der Waals surface area contributed by atoms with Crippen LogP contribution in [-0.2, 0) is 18.0 Å². The van der Waals surface area contributed by atoms with Crippen molar-refractivity contribution in [1.29, 1.82) is 0 Å². The van der Waals surface area contributed by atoms with E-state index in [1.807, 2.05) is 20.8 Å². The van der Waals surface area contributed by atoms with Crippen LogP contribution in [0.4, 0.5) is 4.79 Å². The van der Waals surface area contributed by atoms with Crippen LogP contribution in [0.2, 0.25) is 6.04 Å². The summed E-state index contributed by atoms with van der Waals surface area (Å²) in [6.07, 6.45) is 3.49. The summed E-state index contributed by atoms with van der Waals surface area (Å²) in [5.74, 6) is 0. The molecule has 0 fully saturated rings. The lowest BCUT2D eigenvalue weighted by atomic mass is 10.2. The zero-order chi connectivity index (χ0) is 16.7. The predicted octanol–water partition coefficient (Wildman–Crippen LogP) is 3.16. The number of hydrogen-bond acceptors (Lipinski definition) is 5. The molecule has 0 saturated carbocycles. The minimum Gasteiger partial charge on any atom is -0.450 e. The monoisotopic (exact) mass is 334 g/mol. The maximum absolute atomic E-state index is 11.6. The van der Waals surface area contributed by atoms with Crippen LogP contribution in [0.3, 0.4) is 0 Å². The molecule has 0 saturated heterocycles. The van der Waals surface area contributed by atoms with Crippen LogP contribution in [0.1, 0.15) is 46.5 Å². The molecule has 7 heteroatoms. The lowest BCUT2D eigenvalue weighted by Crippen LogP contribution is -2.48. The summed E-state index contributed by atoms with van der Waals surface area (Å²) in [6, 6.07) is 0.541. The molecule has 0 aromatic carbocycles. The Morgan fingerprint density at radius 2 is 1.59 bits per heavy atom. The molecular formula is C15H32NO5Si. The fourth-order valence-electron chi connectivity index (χ4n) is 1.99. The van der Waals surface area contributed by atoms with Gasteiger partial charge in [-0.05, 0) is 27.2 Å². The highest BCUT2D eigenvalue weighted by atomic mass is 28.4. The molecule has 1 amide bonds. The molecule has 0 aliphatic heterocycles. The van der Waals surface area contributed by atoms with Crippen molar-refractivity contribution in [3.8, 4) is 0 Å². The first kappa shape index (κ1) is 21.4. The summed E-state index contributed by atoms with van der Waals surface area (Å²) in [7, 11) is -2.69. The third-order valence-electron chi connectivity index (χ3n) is 2.92. The highest BCUT2D eigenvalue weighted by molar-refractivity contribution is 6.60. The molecule has 0 rings (SSSR count). The van der Waals surface area contributed by atoms with Gasteiger partial charge in [-0.3, -0.25) is 0 Å². The van der Waals surface area contributed by atoms with Crippen LogP contribution in [0.5, 0.6) is 0 Å². The number of unbranched alkanes of at least 4 members (excludes halogenated alkanes) is 3. The highest BCUT2D eigenvalue weighted by Gasteiger charge is 2.39. The predicted molar refractivity (Wildman–Crippen MR) is 88.6 cm³/mol. The number of nitrogens with one attached hydrogen (secondary N) is 1. The molecular weight excluding hydrogens is 302 g/mol. The zero-order valence-corrected chi connectivity index (χ0v) is 15.3. The highest BCUT2D eigenvalue weighted by Crippen LogP contribution is 2.15. The minimum absolute atomic E-state index is 0.401. The summed E-state index contributed by atoms with van der Waals surface area (Å²) >= 11 is 0. The van der Waals surface area contributed by atoms with Crippen LogP contribution in [-0.4, -0.2) is 47.9 Å². The summed E-state index contributed by atoms with van der Waals surface area (Å²) in [6.45, 7) is 12.0. The molecule has 0 bridgehead atoms. The average molecular weight is 335 g/mol. The van der Waals surface area contributed by atoms with E-state index < -0.39 is 14.9 Å². The summed E-state index contributed by atoms with van der Waals surface area (Å²) in [5, 5.41) is 2.73. The first-order valence-corrected chi connectivity index (χ1v) is 10.2. The number of amides is 1. The van der Waals surface area contributed by atoms with E-state index in [1.54, 1.807) is 0 Å². The molecule has 1 radical (unpaired) electrons. The van der Waals surface area contributed by atoms with E-state index in [-0.39, 0.29) is 0 Å². The average Bonchev–Trinajstić information content (AvgIpc) is 2.48. The Balaban J connectivity index is 4.01. The van der Waals surface area contributed by atoms with E-state index in [0.29, 0.717) is 39.0 Å². The number of carbonyl (C=O) groups is 1. The van der Waals surface area contributed by atoms with Gasteiger partial charge < -0.3 is 23.3 Å². The Hall–Kier alpha value is -0.633. The first-order chi connectivity index (χ1) is 10.6. The maximum Gasteiger partial charge on any atom is 0.502 e. The molecule has 0 unspecified atom stereocenters. The van der Waals surface area contributed by atoms with Gasteiger partial charge in [-0.15, -0.1) is 0 Å². The number of ether oxygens (including phenoxy) is 1. The van der Waals surface area contributed by atoms with Crippen molar-refractivity contribution >= 4 is 14.9 Å². The molecule has 1 N–H and O–H groups in total. The number of rotatable bonds is 14. The lowest BCUT2D eigenvalue weighted by molar-refractivity contribution is 0.0712. The Bertz CT molecular complexity index is 262. The van der Waals surface area contributed by atoms with Crippen LogP contribution in [0.15, 0.2) is 0 Å². The number of alkyl carbamates (subject to hydrolysis) is 1. The van der Waals surface area contributed by atoms with E-state index >= 15 is 0 Å². The smallest absolute Gasteiger partial charge is 0.450 e. The normalized spacial score (nSPS) is 11.5. The van der Waals surface area contributed by atoms with Gasteiger partial charge in [-0.25, -0.2) is 4.79 Å². The second-order valence-corrected chi connectivity index (χ2v) is 7.44. The summed E-state index contributed by atoms with van der Waals surface area (Å²) in [4.78, 5) is 11.6. The third-order valence-corrected chi connectivity index (χ3v) is 5.97. The van der Waals surface area contributed by atoms with Gasteiger partial charge >= 0.3 is 14.9 Å². The van der Waals surface area contributed by atoms with Crippen LogP contribution < -0.4 is 5.32 Å². The third kappa shape index (κ3) is 10.2. The van der Waals surface area contributed by atoms with Gasteiger partial charge in [0, 0.05) is 32.4 Å². The largest absolute Gasteiger partial charge is 0.502 e. The second kappa shape index (κ2) is 14.0. The molecule has 22 heavy (non-hydrogen) atoms. The van der Waals surface area contributed by atoms with E-state index in [1.165, 1.54) is 0 Å². The van der Waals surface area contributed by atoms with Crippen LogP contribution in [0.25, 0.3) is 0 Å². The Labute approximate surface area is 136 Å². The van der Waals surface area contributed by atoms with Gasteiger partial charge in [0.2, 0.25) is 0 Å². The van der Waals surface area contributed by atoms with Crippen LogP contribution in [0, 0.1) is 6.92 Å². The van der Waals surface area contributed by atoms with E-state index in [4.69, 9.17) is 18.0 Å². The maximum atomic E-state index is 11.6. The van der Waals surface area contributed by atoms with E-state index in [0.717, 1.165) is 25.7 Å². The lowest BCUT2D eigenvalue weighted by Gasteiger charge is -2.28. The fraction of sp³-hybridized carbons (Fsp3) is 0.867. The van der Waals surface area contributed by atoms with E-state index in [2.05, 4.69) is 12.2 Å². The Kier molecular flexibility index (Phi) is 13.6. The van der Waals surface area contributed by atoms with Gasteiger partial charge in [0.15, 0.2) is 0 Å². The van der Waals surface area contributed by atoms with Gasteiger partial charge in [0.1, 0.15) is 0 Å². The molecule has 0 aliphatic carbocycles. The number of carbonyl (C=O) groups excluding carboxylic acids is 1. The molecule has 6 nitrogen and oxygen atoms in total. The molecule has 0 atom stereocenters. The molecule has 0 aliphatic rings. The van der Waals surface area contributed by atoms with Crippen molar-refractivity contribution in [1.82, 2.24) is 5.32 Å². The SMILES string of the molecule is [CH2]CCCCCOC(=O)NCC[Si](OCC)(OCC)OCC. The number of hydrogen-bond donors (Lipinski definition) is 1. The van der Waals surface area contributed by atoms with Gasteiger partial charge in [0.25, 0.3) is 0 Å². The van der Waals surface area contributed by atoms with E-state index in [9.17, 15) is 4.79 Å². The van der Waals surface area contributed by atoms with Crippen molar-refractivity contribution < 1.29 is 22.8 Å². The van der Waals surface area contributed by atoms with Crippen molar-refractivity contribution in [3.63, 3.8) is 0 Å². The molecule has 131 valence electrons. The second-order valence-electron chi connectivity index (χ2n) is 4.71. The topological polar surface area (TPSA) is 66.0 Å². The minimum atomic E-state index is -2.69. The molecule has 0 aromatic rings. The van der Waals surface area contributed by atoms with Crippen molar-refractivity contribution in [3.05, 3.63) is 6.92 Å². The Morgan fingerprint density at radius 1 is 1.00 bits per heavy atom. The van der Waals surface area contributed by atoms with Gasteiger partial charge in [0.05, 0.1) is 6.61 Å². The molecule has 0 aromatic heterocycles. The van der Waals surface area contributed by atoms with Gasteiger partial charge in [-0.1, -0.05) is 26.2 Å². The van der Waals surface area contributed by atoms with Crippen LogP contribution >= 0.6 is 0 Å². The van der Waals surface area contributed by atoms with Gasteiger partial charge in [-0.2, -0.15) is 0 Å². The van der Waals surface area contributed by atoms with Crippen molar-refractivity contribution in [2.75, 3.05) is 33.0 Å². The van der Waals surface area contributed by atoms with Crippen molar-refractivity contribution in [2.24, 2.45) is 0 Å². The fourth-order valence-corrected chi connectivity index (χ4v) is 4.42. The first-order valence-electron chi connectivity index (χ1n) is 8.25. The molecule has 0 spiro atoms. The quantitative estimate of drug-likeness (QED) is 0.390.